The molecular formula is C17H17F2NO3. The van der Waals surface area contributed by atoms with Gasteiger partial charge in [-0.1, -0.05) is 17.7 Å². The van der Waals surface area contributed by atoms with Crippen molar-refractivity contribution < 1.29 is 23.0 Å². The molecule has 0 aliphatic heterocycles. The van der Waals surface area contributed by atoms with Crippen LogP contribution >= 0.6 is 0 Å². The van der Waals surface area contributed by atoms with Crippen molar-refractivity contribution in [1.82, 2.24) is 0 Å². The van der Waals surface area contributed by atoms with Crippen LogP contribution in [0, 0.1) is 6.92 Å². The summed E-state index contributed by atoms with van der Waals surface area (Å²) in [6.07, 6.45) is 0.153. The largest absolute Gasteiger partial charge is 0.496 e. The number of carbonyl (C=O) groups excluding carboxylic acids is 1. The Morgan fingerprint density at radius 3 is 2.48 bits per heavy atom. The van der Waals surface area contributed by atoms with Crippen LogP contribution in [0.4, 0.5) is 14.5 Å². The van der Waals surface area contributed by atoms with E-state index in [1.807, 2.05) is 25.1 Å². The highest BCUT2D eigenvalue weighted by Gasteiger charge is 2.10. The van der Waals surface area contributed by atoms with E-state index in [0.717, 1.165) is 11.1 Å². The summed E-state index contributed by atoms with van der Waals surface area (Å²) in [4.78, 5) is 12.1. The van der Waals surface area contributed by atoms with Gasteiger partial charge in [0.25, 0.3) is 0 Å². The van der Waals surface area contributed by atoms with Crippen LogP contribution in [0.25, 0.3) is 0 Å². The molecule has 0 aromatic heterocycles. The first-order chi connectivity index (χ1) is 11.0. The van der Waals surface area contributed by atoms with Crippen LogP contribution in [0.5, 0.6) is 11.5 Å². The van der Waals surface area contributed by atoms with E-state index in [4.69, 9.17) is 4.74 Å². The summed E-state index contributed by atoms with van der Waals surface area (Å²) in [5.41, 5.74) is 2.31. The van der Waals surface area contributed by atoms with Crippen LogP contribution in [0.1, 0.15) is 11.1 Å². The fraction of sp³-hybridized carbons (Fsp3) is 0.235. The predicted molar refractivity (Wildman–Crippen MR) is 83.1 cm³/mol. The molecule has 0 bridgehead atoms. The number of rotatable bonds is 6. The average Bonchev–Trinajstić information content (AvgIpc) is 2.49. The Balaban J connectivity index is 2.01. The summed E-state index contributed by atoms with van der Waals surface area (Å²) in [6, 6.07) is 11.4. The maximum absolute atomic E-state index is 12.1. The number of nitrogens with one attached hydrogen (secondary N) is 1. The van der Waals surface area contributed by atoms with E-state index in [0.29, 0.717) is 11.4 Å². The highest BCUT2D eigenvalue weighted by molar-refractivity contribution is 5.92. The van der Waals surface area contributed by atoms with Crippen LogP contribution in [0.2, 0.25) is 0 Å². The highest BCUT2D eigenvalue weighted by atomic mass is 19.3. The topological polar surface area (TPSA) is 47.6 Å². The summed E-state index contributed by atoms with van der Waals surface area (Å²) < 4.78 is 33.6. The Labute approximate surface area is 133 Å². The summed E-state index contributed by atoms with van der Waals surface area (Å²) >= 11 is 0. The van der Waals surface area contributed by atoms with Crippen molar-refractivity contribution in [3.05, 3.63) is 53.6 Å². The third kappa shape index (κ3) is 4.95. The van der Waals surface area contributed by atoms with Gasteiger partial charge in [0, 0.05) is 11.3 Å². The highest BCUT2D eigenvalue weighted by Crippen LogP contribution is 2.21. The van der Waals surface area contributed by atoms with Gasteiger partial charge in [-0.15, -0.1) is 0 Å². The molecule has 2 aromatic carbocycles. The minimum Gasteiger partial charge on any atom is -0.496 e. The van der Waals surface area contributed by atoms with Gasteiger partial charge in [0.15, 0.2) is 0 Å². The first kappa shape index (κ1) is 16.7. The zero-order valence-corrected chi connectivity index (χ0v) is 12.8. The van der Waals surface area contributed by atoms with Gasteiger partial charge in [-0.2, -0.15) is 8.78 Å². The van der Waals surface area contributed by atoms with Crippen LogP contribution < -0.4 is 14.8 Å². The number of benzene rings is 2. The molecule has 0 heterocycles. The maximum Gasteiger partial charge on any atom is 0.387 e. The van der Waals surface area contributed by atoms with Crippen LogP contribution in [-0.4, -0.2) is 19.6 Å². The predicted octanol–water partition coefficient (Wildman–Crippen LogP) is 3.79. The zero-order valence-electron chi connectivity index (χ0n) is 12.8. The molecule has 2 aromatic rings. The molecule has 1 N–H and O–H groups in total. The minimum absolute atomic E-state index is 0.0401. The number of ether oxygens (including phenoxy) is 2. The molecule has 0 saturated heterocycles. The van der Waals surface area contributed by atoms with E-state index in [1.54, 1.807) is 7.11 Å². The molecule has 1 amide bonds. The van der Waals surface area contributed by atoms with Gasteiger partial charge < -0.3 is 14.8 Å². The van der Waals surface area contributed by atoms with E-state index in [9.17, 15) is 13.6 Å². The molecule has 0 atom stereocenters. The second kappa shape index (κ2) is 7.58. The van der Waals surface area contributed by atoms with Crippen molar-refractivity contribution in [2.24, 2.45) is 0 Å². The molecule has 4 nitrogen and oxygen atoms in total. The average molecular weight is 321 g/mol. The molecule has 0 spiro atoms. The van der Waals surface area contributed by atoms with Crippen molar-refractivity contribution in [1.29, 1.82) is 0 Å². The number of aryl methyl sites for hydroxylation is 1. The first-order valence-corrected chi connectivity index (χ1v) is 6.96. The van der Waals surface area contributed by atoms with Gasteiger partial charge in [-0.05, 0) is 37.3 Å². The van der Waals surface area contributed by atoms with Crippen molar-refractivity contribution in [3.63, 3.8) is 0 Å². The Morgan fingerprint density at radius 2 is 1.87 bits per heavy atom. The fourth-order valence-corrected chi connectivity index (χ4v) is 2.14. The smallest absolute Gasteiger partial charge is 0.387 e. The van der Waals surface area contributed by atoms with E-state index >= 15 is 0 Å². The van der Waals surface area contributed by atoms with Gasteiger partial charge >= 0.3 is 6.61 Å². The lowest BCUT2D eigenvalue weighted by molar-refractivity contribution is -0.115. The lowest BCUT2D eigenvalue weighted by Crippen LogP contribution is -2.15. The Kier molecular flexibility index (Phi) is 5.51. The maximum atomic E-state index is 12.1. The Hall–Kier alpha value is -2.63. The standard InChI is InChI=1S/C17H17F2NO3/c1-11-3-8-15(22-2)12(9-11)10-16(21)20-13-4-6-14(7-5-13)23-17(18)19/h3-9,17H,10H2,1-2H3,(H,20,21). The van der Waals surface area contributed by atoms with E-state index in [1.165, 1.54) is 24.3 Å². The van der Waals surface area contributed by atoms with Crippen LogP contribution in [-0.2, 0) is 11.2 Å². The number of carbonyl (C=O) groups is 1. The number of methoxy groups -OCH3 is 1. The van der Waals surface area contributed by atoms with Gasteiger partial charge in [-0.3, -0.25) is 4.79 Å². The summed E-state index contributed by atoms with van der Waals surface area (Å²) in [7, 11) is 1.55. The summed E-state index contributed by atoms with van der Waals surface area (Å²) in [6.45, 7) is -0.938. The molecule has 0 unspecified atom stereocenters. The lowest BCUT2D eigenvalue weighted by Gasteiger charge is -2.10. The van der Waals surface area contributed by atoms with E-state index in [2.05, 4.69) is 10.1 Å². The molecule has 0 saturated carbocycles. The molecule has 6 heteroatoms. The Morgan fingerprint density at radius 1 is 1.17 bits per heavy atom. The third-order valence-electron chi connectivity index (χ3n) is 3.15. The first-order valence-electron chi connectivity index (χ1n) is 6.96. The summed E-state index contributed by atoms with van der Waals surface area (Å²) in [5.74, 6) is 0.459. The lowest BCUT2D eigenvalue weighted by atomic mass is 10.1. The molecule has 2 rings (SSSR count). The number of amides is 1. The molecular weight excluding hydrogens is 304 g/mol. The van der Waals surface area contributed by atoms with Gasteiger partial charge in [0.05, 0.1) is 13.5 Å². The number of alkyl halides is 2. The van der Waals surface area contributed by atoms with Crippen molar-refractivity contribution >= 4 is 11.6 Å². The van der Waals surface area contributed by atoms with Gasteiger partial charge in [-0.25, -0.2) is 0 Å². The monoisotopic (exact) mass is 321 g/mol. The second-order valence-corrected chi connectivity index (χ2v) is 4.94. The van der Waals surface area contributed by atoms with E-state index < -0.39 is 6.61 Å². The normalized spacial score (nSPS) is 10.5. The Bertz CT molecular complexity index is 672. The van der Waals surface area contributed by atoms with Crippen molar-refractivity contribution in [2.75, 3.05) is 12.4 Å². The molecule has 0 radical (unpaired) electrons. The van der Waals surface area contributed by atoms with Gasteiger partial charge in [0.1, 0.15) is 11.5 Å². The quantitative estimate of drug-likeness (QED) is 0.880. The molecule has 0 aliphatic rings. The molecule has 0 aliphatic carbocycles. The molecule has 23 heavy (non-hydrogen) atoms. The van der Waals surface area contributed by atoms with Gasteiger partial charge in [0.2, 0.25) is 5.91 Å². The number of halogens is 2. The SMILES string of the molecule is COc1ccc(C)cc1CC(=O)Nc1ccc(OC(F)F)cc1. The van der Waals surface area contributed by atoms with Crippen molar-refractivity contribution in [2.45, 2.75) is 20.0 Å². The fourth-order valence-electron chi connectivity index (χ4n) is 2.14. The number of anilines is 1. The number of hydrogen-bond donors (Lipinski definition) is 1. The second-order valence-electron chi connectivity index (χ2n) is 4.94. The van der Waals surface area contributed by atoms with Crippen LogP contribution in [0.3, 0.4) is 0 Å². The van der Waals surface area contributed by atoms with E-state index in [-0.39, 0.29) is 18.1 Å². The molecule has 122 valence electrons. The molecule has 0 fully saturated rings. The third-order valence-corrected chi connectivity index (χ3v) is 3.15. The summed E-state index contributed by atoms with van der Waals surface area (Å²) in [5, 5.41) is 2.70. The minimum atomic E-state index is -2.87. The zero-order chi connectivity index (χ0) is 16.8. The number of hydrogen-bond acceptors (Lipinski definition) is 3. The van der Waals surface area contributed by atoms with Crippen molar-refractivity contribution in [3.8, 4) is 11.5 Å². The van der Waals surface area contributed by atoms with Crippen LogP contribution in [0.15, 0.2) is 42.5 Å².